The van der Waals surface area contributed by atoms with Crippen LogP contribution >= 0.6 is 0 Å². The lowest BCUT2D eigenvalue weighted by atomic mass is 10.1. The van der Waals surface area contributed by atoms with Gasteiger partial charge in [0, 0.05) is 25.9 Å². The van der Waals surface area contributed by atoms with Crippen LogP contribution in [0.2, 0.25) is 0 Å². The molecule has 0 radical (unpaired) electrons. The van der Waals surface area contributed by atoms with Crippen molar-refractivity contribution in [3.8, 4) is 0 Å². The molecular weight excluding hydrogens is 274 g/mol. The molecule has 1 unspecified atom stereocenters. The molecule has 0 aliphatic heterocycles. The molecule has 0 saturated carbocycles. The van der Waals surface area contributed by atoms with E-state index in [4.69, 9.17) is 14.3 Å². The van der Waals surface area contributed by atoms with Gasteiger partial charge in [0.15, 0.2) is 0 Å². The molecule has 0 aromatic carbocycles. The summed E-state index contributed by atoms with van der Waals surface area (Å²) >= 11 is 0. The van der Waals surface area contributed by atoms with E-state index in [1.54, 1.807) is 12.1 Å². The molecular formula is C15H23NO5. The number of carbonyl (C=O) groups is 2. The predicted octanol–water partition coefficient (Wildman–Crippen LogP) is 1.99. The van der Waals surface area contributed by atoms with E-state index >= 15 is 0 Å². The SMILES string of the molecule is CC(C)(C)OCCC(NC(=O)CCc1ccco1)C(=O)O. The normalized spacial score (nSPS) is 12.9. The van der Waals surface area contributed by atoms with E-state index in [9.17, 15) is 9.59 Å². The quantitative estimate of drug-likeness (QED) is 0.766. The Kier molecular flexibility index (Phi) is 6.42. The molecule has 1 amide bonds. The number of furan rings is 1. The molecule has 0 bridgehead atoms. The average Bonchev–Trinajstić information content (AvgIpc) is 2.86. The molecule has 0 spiro atoms. The zero-order valence-corrected chi connectivity index (χ0v) is 12.7. The summed E-state index contributed by atoms with van der Waals surface area (Å²) in [6, 6.07) is 2.59. The van der Waals surface area contributed by atoms with Crippen LogP contribution in [0.4, 0.5) is 0 Å². The first-order chi connectivity index (χ1) is 9.78. The Morgan fingerprint density at radius 3 is 2.67 bits per heavy atom. The second-order valence-electron chi connectivity index (χ2n) is 5.79. The van der Waals surface area contributed by atoms with Crippen molar-refractivity contribution < 1.29 is 23.8 Å². The molecule has 0 fully saturated rings. The molecule has 6 nitrogen and oxygen atoms in total. The van der Waals surface area contributed by atoms with Crippen LogP contribution in [-0.2, 0) is 20.7 Å². The summed E-state index contributed by atoms with van der Waals surface area (Å²) < 4.78 is 10.6. The number of aliphatic carboxylic acids is 1. The minimum Gasteiger partial charge on any atom is -0.480 e. The number of carboxylic acid groups (broad SMARTS) is 1. The van der Waals surface area contributed by atoms with Crippen molar-refractivity contribution in [2.24, 2.45) is 0 Å². The fraction of sp³-hybridized carbons (Fsp3) is 0.600. The van der Waals surface area contributed by atoms with Crippen molar-refractivity contribution in [2.45, 2.75) is 51.7 Å². The lowest BCUT2D eigenvalue weighted by molar-refractivity contribution is -0.142. The molecule has 6 heteroatoms. The van der Waals surface area contributed by atoms with Gasteiger partial charge in [-0.2, -0.15) is 0 Å². The number of amides is 1. The maximum Gasteiger partial charge on any atom is 0.326 e. The van der Waals surface area contributed by atoms with Gasteiger partial charge in [-0.05, 0) is 32.9 Å². The summed E-state index contributed by atoms with van der Waals surface area (Å²) in [6.07, 6.45) is 2.41. The number of aryl methyl sites for hydroxylation is 1. The molecule has 1 atom stereocenters. The van der Waals surface area contributed by atoms with Gasteiger partial charge in [-0.1, -0.05) is 0 Å². The van der Waals surface area contributed by atoms with Crippen LogP contribution in [0.3, 0.4) is 0 Å². The Morgan fingerprint density at radius 1 is 1.43 bits per heavy atom. The van der Waals surface area contributed by atoms with Crippen molar-refractivity contribution in [2.75, 3.05) is 6.61 Å². The molecule has 118 valence electrons. The Balaban J connectivity index is 2.35. The van der Waals surface area contributed by atoms with Crippen LogP contribution in [0.5, 0.6) is 0 Å². The third-order valence-electron chi connectivity index (χ3n) is 2.75. The highest BCUT2D eigenvalue weighted by Crippen LogP contribution is 2.08. The van der Waals surface area contributed by atoms with E-state index in [0.29, 0.717) is 12.2 Å². The van der Waals surface area contributed by atoms with Gasteiger partial charge in [-0.3, -0.25) is 4.79 Å². The molecule has 1 aromatic rings. The Morgan fingerprint density at radius 2 is 2.14 bits per heavy atom. The summed E-state index contributed by atoms with van der Waals surface area (Å²) in [6.45, 7) is 5.96. The van der Waals surface area contributed by atoms with E-state index in [1.165, 1.54) is 6.26 Å². The third-order valence-corrected chi connectivity index (χ3v) is 2.75. The number of hydrogen-bond acceptors (Lipinski definition) is 4. The first kappa shape index (κ1) is 17.2. The second-order valence-corrected chi connectivity index (χ2v) is 5.79. The smallest absolute Gasteiger partial charge is 0.326 e. The van der Waals surface area contributed by atoms with E-state index in [-0.39, 0.29) is 31.0 Å². The lowest BCUT2D eigenvalue weighted by Gasteiger charge is -2.21. The van der Waals surface area contributed by atoms with Gasteiger partial charge in [0.05, 0.1) is 11.9 Å². The molecule has 2 N–H and O–H groups in total. The molecule has 0 aliphatic rings. The highest BCUT2D eigenvalue weighted by molar-refractivity contribution is 5.83. The van der Waals surface area contributed by atoms with E-state index < -0.39 is 12.0 Å². The summed E-state index contributed by atoms with van der Waals surface area (Å²) in [5.74, 6) is -0.665. The number of nitrogens with one attached hydrogen (secondary N) is 1. The van der Waals surface area contributed by atoms with Gasteiger partial charge in [-0.25, -0.2) is 4.79 Å². The average molecular weight is 297 g/mol. The van der Waals surface area contributed by atoms with Gasteiger partial charge in [0.25, 0.3) is 0 Å². The first-order valence-corrected chi connectivity index (χ1v) is 6.96. The van der Waals surface area contributed by atoms with Crippen molar-refractivity contribution in [3.63, 3.8) is 0 Å². The minimum atomic E-state index is -1.06. The molecule has 1 rings (SSSR count). The predicted molar refractivity (Wildman–Crippen MR) is 76.9 cm³/mol. The number of ether oxygens (including phenoxy) is 1. The number of rotatable bonds is 8. The maximum absolute atomic E-state index is 11.8. The van der Waals surface area contributed by atoms with Crippen molar-refractivity contribution in [3.05, 3.63) is 24.2 Å². The molecule has 1 heterocycles. The highest BCUT2D eigenvalue weighted by atomic mass is 16.5. The molecule has 21 heavy (non-hydrogen) atoms. The zero-order valence-electron chi connectivity index (χ0n) is 12.7. The topological polar surface area (TPSA) is 88.8 Å². The Bertz CT molecular complexity index is 447. The molecule has 1 aromatic heterocycles. The summed E-state index contributed by atoms with van der Waals surface area (Å²) in [4.78, 5) is 22.9. The largest absolute Gasteiger partial charge is 0.480 e. The summed E-state index contributed by atoms with van der Waals surface area (Å²) in [5, 5.41) is 11.6. The van der Waals surface area contributed by atoms with Crippen LogP contribution < -0.4 is 5.32 Å². The zero-order chi connectivity index (χ0) is 15.9. The maximum atomic E-state index is 11.8. The van der Waals surface area contributed by atoms with Crippen molar-refractivity contribution in [1.29, 1.82) is 0 Å². The van der Waals surface area contributed by atoms with E-state index in [2.05, 4.69) is 5.32 Å². The van der Waals surface area contributed by atoms with Crippen LogP contribution in [-0.4, -0.2) is 35.2 Å². The first-order valence-electron chi connectivity index (χ1n) is 6.96. The molecule has 0 aliphatic carbocycles. The van der Waals surface area contributed by atoms with Gasteiger partial charge >= 0.3 is 5.97 Å². The second kappa shape index (κ2) is 7.83. The van der Waals surface area contributed by atoms with Gasteiger partial charge in [-0.15, -0.1) is 0 Å². The monoisotopic (exact) mass is 297 g/mol. The summed E-state index contributed by atoms with van der Waals surface area (Å²) in [7, 11) is 0. The van der Waals surface area contributed by atoms with Crippen LogP contribution in [0.25, 0.3) is 0 Å². The van der Waals surface area contributed by atoms with Crippen LogP contribution in [0.1, 0.15) is 39.4 Å². The van der Waals surface area contributed by atoms with Gasteiger partial charge < -0.3 is 19.6 Å². The van der Waals surface area contributed by atoms with Gasteiger partial charge in [0.1, 0.15) is 11.8 Å². The highest BCUT2D eigenvalue weighted by Gasteiger charge is 2.21. The standard InChI is InChI=1S/C15H23NO5/c1-15(2,3)21-10-8-12(14(18)19)16-13(17)7-6-11-5-4-9-20-11/h4-5,9,12H,6-8,10H2,1-3H3,(H,16,17)(H,18,19). The number of hydrogen-bond donors (Lipinski definition) is 2. The Labute approximate surface area is 124 Å². The molecule has 0 saturated heterocycles. The van der Waals surface area contributed by atoms with Crippen molar-refractivity contribution in [1.82, 2.24) is 5.32 Å². The van der Waals surface area contributed by atoms with Crippen molar-refractivity contribution >= 4 is 11.9 Å². The minimum absolute atomic E-state index is 0.192. The number of carbonyl (C=O) groups excluding carboxylic acids is 1. The third kappa shape index (κ3) is 7.51. The summed E-state index contributed by atoms with van der Waals surface area (Å²) in [5.41, 5.74) is -0.327. The van der Waals surface area contributed by atoms with Gasteiger partial charge in [0.2, 0.25) is 5.91 Å². The lowest BCUT2D eigenvalue weighted by Crippen LogP contribution is -2.42. The Hall–Kier alpha value is -1.82. The van der Waals surface area contributed by atoms with Crippen LogP contribution in [0.15, 0.2) is 22.8 Å². The fourth-order valence-corrected chi connectivity index (χ4v) is 1.70. The van der Waals surface area contributed by atoms with E-state index in [1.807, 2.05) is 20.8 Å². The van der Waals surface area contributed by atoms with Crippen LogP contribution in [0, 0.1) is 0 Å². The number of carboxylic acids is 1. The fourth-order valence-electron chi connectivity index (χ4n) is 1.70. The van der Waals surface area contributed by atoms with E-state index in [0.717, 1.165) is 0 Å².